The minimum atomic E-state index is -0.129. The third-order valence-corrected chi connectivity index (χ3v) is 7.32. The molecular weight excluding hydrogens is 360 g/mol. The Morgan fingerprint density at radius 3 is 2.59 bits per heavy atom. The second-order valence-electron chi connectivity index (χ2n) is 9.10. The molecule has 0 unspecified atom stereocenters. The Hall–Kier alpha value is -2.16. The normalized spacial score (nSPS) is 26.1. The fourth-order valence-corrected chi connectivity index (χ4v) is 5.21. The van der Waals surface area contributed by atoms with Crippen molar-refractivity contribution in [2.24, 2.45) is 5.41 Å². The van der Waals surface area contributed by atoms with Gasteiger partial charge in [0.2, 0.25) is 0 Å². The summed E-state index contributed by atoms with van der Waals surface area (Å²) in [6, 6.07) is 7.18. The number of nitrogens with zero attached hydrogens (tertiary/aromatic N) is 3. The van der Waals surface area contributed by atoms with Crippen LogP contribution < -0.4 is 5.32 Å². The van der Waals surface area contributed by atoms with Gasteiger partial charge < -0.3 is 15.3 Å². The van der Waals surface area contributed by atoms with Crippen LogP contribution in [0.3, 0.4) is 0 Å². The highest BCUT2D eigenvalue weighted by atomic mass is 16.2. The van der Waals surface area contributed by atoms with Gasteiger partial charge in [-0.3, -0.25) is 0 Å². The molecule has 3 fully saturated rings. The first-order chi connectivity index (χ1) is 14.2. The molecule has 1 aromatic carbocycles. The zero-order valence-corrected chi connectivity index (χ0v) is 17.0. The van der Waals surface area contributed by atoms with Crippen LogP contribution in [-0.4, -0.2) is 51.8 Å². The van der Waals surface area contributed by atoms with Crippen molar-refractivity contribution in [3.8, 4) is 11.8 Å². The molecule has 2 saturated carbocycles. The van der Waals surface area contributed by atoms with Crippen molar-refractivity contribution in [3.05, 3.63) is 30.1 Å². The van der Waals surface area contributed by atoms with E-state index in [-0.39, 0.29) is 6.61 Å². The number of aromatic nitrogens is 2. The van der Waals surface area contributed by atoms with Crippen LogP contribution in [0.15, 0.2) is 24.5 Å². The fourth-order valence-electron chi connectivity index (χ4n) is 5.21. The molecule has 0 radical (unpaired) electrons. The van der Waals surface area contributed by atoms with Crippen molar-refractivity contribution in [1.29, 1.82) is 0 Å². The standard InChI is InChI=1S/C24H30N4O/c29-15-1-2-18-3-8-22-21(16-18)23(26-17-25-22)27-19-4-6-20(7-5-19)28-13-11-24(9-10-24)12-14-28/h3,8,16-17,19-20,29H,4-7,9-15H2,(H,25,26,27). The predicted molar refractivity (Wildman–Crippen MR) is 116 cm³/mol. The average molecular weight is 391 g/mol. The Labute approximate surface area is 172 Å². The molecule has 2 aliphatic carbocycles. The van der Waals surface area contributed by atoms with E-state index in [0.29, 0.717) is 6.04 Å². The van der Waals surface area contributed by atoms with Crippen molar-refractivity contribution >= 4 is 16.7 Å². The number of aliphatic hydroxyl groups is 1. The van der Waals surface area contributed by atoms with Gasteiger partial charge in [-0.05, 0) is 88.1 Å². The van der Waals surface area contributed by atoms with E-state index in [1.807, 2.05) is 18.2 Å². The third kappa shape index (κ3) is 4.10. The summed E-state index contributed by atoms with van der Waals surface area (Å²) >= 11 is 0. The van der Waals surface area contributed by atoms with E-state index in [1.54, 1.807) is 6.33 Å². The zero-order valence-electron chi connectivity index (χ0n) is 17.0. The first-order valence-electron chi connectivity index (χ1n) is 11.1. The van der Waals surface area contributed by atoms with E-state index >= 15 is 0 Å². The molecule has 5 heteroatoms. The zero-order chi connectivity index (χ0) is 19.7. The van der Waals surface area contributed by atoms with E-state index < -0.39 is 0 Å². The molecule has 1 saturated heterocycles. The highest BCUT2D eigenvalue weighted by Crippen LogP contribution is 2.54. The molecule has 2 aromatic rings. The molecule has 5 nitrogen and oxygen atoms in total. The number of likely N-dealkylation sites (tertiary alicyclic amines) is 1. The largest absolute Gasteiger partial charge is 0.384 e. The number of fused-ring (bicyclic) bond motifs is 1. The Balaban J connectivity index is 1.22. The lowest BCUT2D eigenvalue weighted by Gasteiger charge is -2.41. The maximum Gasteiger partial charge on any atom is 0.137 e. The molecule has 0 bridgehead atoms. The lowest BCUT2D eigenvalue weighted by atomic mass is 9.86. The topological polar surface area (TPSA) is 61.3 Å². The van der Waals surface area contributed by atoms with Gasteiger partial charge in [0.15, 0.2) is 0 Å². The molecule has 2 N–H and O–H groups in total. The van der Waals surface area contributed by atoms with Crippen molar-refractivity contribution in [2.45, 2.75) is 63.5 Å². The Morgan fingerprint density at radius 1 is 1.07 bits per heavy atom. The first-order valence-corrected chi connectivity index (χ1v) is 11.1. The van der Waals surface area contributed by atoms with Gasteiger partial charge in [-0.1, -0.05) is 11.8 Å². The molecular formula is C24H30N4O. The van der Waals surface area contributed by atoms with Crippen molar-refractivity contribution in [3.63, 3.8) is 0 Å². The summed E-state index contributed by atoms with van der Waals surface area (Å²) in [5.41, 5.74) is 2.57. The lowest BCUT2D eigenvalue weighted by molar-refractivity contribution is 0.0975. The Morgan fingerprint density at radius 2 is 1.86 bits per heavy atom. The highest BCUT2D eigenvalue weighted by molar-refractivity contribution is 5.90. The average Bonchev–Trinajstić information content (AvgIpc) is 3.52. The first kappa shape index (κ1) is 18.8. The van der Waals surface area contributed by atoms with Crippen LogP contribution in [0.5, 0.6) is 0 Å². The fraction of sp³-hybridized carbons (Fsp3) is 0.583. The smallest absolute Gasteiger partial charge is 0.137 e. The molecule has 0 amide bonds. The number of anilines is 1. The van der Waals surface area contributed by atoms with Gasteiger partial charge in [0.1, 0.15) is 18.8 Å². The summed E-state index contributed by atoms with van der Waals surface area (Å²) in [5.74, 6) is 6.60. The maximum atomic E-state index is 8.94. The van der Waals surface area contributed by atoms with Crippen molar-refractivity contribution in [1.82, 2.24) is 14.9 Å². The third-order valence-electron chi connectivity index (χ3n) is 7.32. The molecule has 29 heavy (non-hydrogen) atoms. The van der Waals surface area contributed by atoms with Gasteiger partial charge in [-0.2, -0.15) is 0 Å². The molecule has 152 valence electrons. The second kappa shape index (κ2) is 7.93. The second-order valence-corrected chi connectivity index (χ2v) is 9.10. The quantitative estimate of drug-likeness (QED) is 0.785. The van der Waals surface area contributed by atoms with E-state index in [2.05, 4.69) is 32.0 Å². The van der Waals surface area contributed by atoms with Crippen molar-refractivity contribution < 1.29 is 5.11 Å². The molecule has 3 aliphatic rings. The van der Waals surface area contributed by atoms with Crippen LogP contribution in [0.4, 0.5) is 5.82 Å². The van der Waals surface area contributed by atoms with E-state index in [1.165, 1.54) is 64.5 Å². The SMILES string of the molecule is OCC#Cc1ccc2ncnc(NC3CCC(N4CCC5(CC4)CC5)CC3)c2c1. The molecule has 1 spiro atoms. The van der Waals surface area contributed by atoms with Gasteiger partial charge in [0.25, 0.3) is 0 Å². The summed E-state index contributed by atoms with van der Waals surface area (Å²) in [6.07, 6.45) is 12.4. The van der Waals surface area contributed by atoms with Gasteiger partial charge in [0, 0.05) is 23.0 Å². The minimum Gasteiger partial charge on any atom is -0.384 e. The van der Waals surface area contributed by atoms with Gasteiger partial charge in [-0.25, -0.2) is 9.97 Å². The number of benzene rings is 1. The summed E-state index contributed by atoms with van der Waals surface area (Å²) in [6.45, 7) is 2.50. The number of aliphatic hydroxyl groups excluding tert-OH is 1. The highest BCUT2D eigenvalue weighted by Gasteiger charge is 2.45. The van der Waals surface area contributed by atoms with Gasteiger partial charge >= 0.3 is 0 Å². The minimum absolute atomic E-state index is 0.129. The molecule has 5 rings (SSSR count). The molecule has 2 heterocycles. The Bertz CT molecular complexity index is 925. The monoisotopic (exact) mass is 390 g/mol. The summed E-state index contributed by atoms with van der Waals surface area (Å²) in [7, 11) is 0. The van der Waals surface area contributed by atoms with Crippen LogP contribution in [-0.2, 0) is 0 Å². The van der Waals surface area contributed by atoms with Gasteiger partial charge in [-0.15, -0.1) is 0 Å². The predicted octanol–water partition coefficient (Wildman–Crippen LogP) is 3.57. The molecule has 0 atom stereocenters. The van der Waals surface area contributed by atoms with E-state index in [0.717, 1.165) is 33.7 Å². The van der Waals surface area contributed by atoms with Crippen molar-refractivity contribution in [2.75, 3.05) is 25.0 Å². The van der Waals surface area contributed by atoms with Crippen LogP contribution in [0.25, 0.3) is 10.9 Å². The lowest BCUT2D eigenvalue weighted by Crippen LogP contribution is -2.45. The molecule has 1 aromatic heterocycles. The van der Waals surface area contributed by atoms with Crippen LogP contribution in [0, 0.1) is 17.3 Å². The summed E-state index contributed by atoms with van der Waals surface area (Å²) < 4.78 is 0. The van der Waals surface area contributed by atoms with E-state index in [4.69, 9.17) is 5.11 Å². The maximum absolute atomic E-state index is 8.94. The number of piperidine rings is 1. The summed E-state index contributed by atoms with van der Waals surface area (Å²) in [5, 5.41) is 13.6. The van der Waals surface area contributed by atoms with Crippen LogP contribution >= 0.6 is 0 Å². The van der Waals surface area contributed by atoms with Gasteiger partial charge in [0.05, 0.1) is 5.52 Å². The number of hydrogen-bond acceptors (Lipinski definition) is 5. The van der Waals surface area contributed by atoms with E-state index in [9.17, 15) is 0 Å². The number of rotatable bonds is 3. The van der Waals surface area contributed by atoms with Crippen LogP contribution in [0.1, 0.15) is 56.9 Å². The number of nitrogens with one attached hydrogen (secondary N) is 1. The number of hydrogen-bond donors (Lipinski definition) is 2. The van der Waals surface area contributed by atoms with Crippen LogP contribution in [0.2, 0.25) is 0 Å². The Kier molecular flexibility index (Phi) is 5.15. The molecule has 1 aliphatic heterocycles. The summed E-state index contributed by atoms with van der Waals surface area (Å²) in [4.78, 5) is 11.7.